The molecule has 1 amide bonds. The zero-order valence-corrected chi connectivity index (χ0v) is 40.7. The lowest BCUT2D eigenvalue weighted by Gasteiger charge is -2.25. The van der Waals surface area contributed by atoms with Gasteiger partial charge in [0.2, 0.25) is 5.91 Å². The first-order chi connectivity index (χ1) is 30.0. The van der Waals surface area contributed by atoms with Gasteiger partial charge in [0.1, 0.15) is 13.2 Å². The lowest BCUT2D eigenvalue weighted by Crippen LogP contribution is -2.45. The van der Waals surface area contributed by atoms with E-state index in [-0.39, 0.29) is 19.1 Å². The van der Waals surface area contributed by atoms with Crippen LogP contribution in [-0.2, 0) is 18.4 Å². The summed E-state index contributed by atoms with van der Waals surface area (Å²) in [5.74, 6) is -0.203. The molecule has 0 fully saturated rings. The van der Waals surface area contributed by atoms with Gasteiger partial charge in [-0.25, -0.2) is 4.57 Å². The number of phosphoric acid groups is 1. The van der Waals surface area contributed by atoms with Gasteiger partial charge in [0, 0.05) is 6.42 Å². The molecule has 0 rings (SSSR count). The van der Waals surface area contributed by atoms with Crippen LogP contribution >= 0.6 is 7.82 Å². The molecule has 0 aliphatic heterocycles. The van der Waals surface area contributed by atoms with Gasteiger partial charge in [-0.1, -0.05) is 187 Å². The van der Waals surface area contributed by atoms with Crippen molar-refractivity contribution in [2.24, 2.45) is 0 Å². The number of unbranched alkanes of at least 4 members (excludes halogenated alkanes) is 10. The van der Waals surface area contributed by atoms with Crippen molar-refractivity contribution in [3.05, 3.63) is 122 Å². The fourth-order valence-corrected chi connectivity index (χ4v) is 6.66. The standard InChI is InChI=1S/C53H89N2O6P/c1-6-8-10-11-12-13-14-15-16-17-18-19-20-21-22-23-24-25-26-27-28-29-30-31-32-33-34-35-36-37-38-39-40-41-42-43-45-47-53(57)54-51(52(56)46-44-9-7-2)50-61-62(58,59)60-49-48-55(3,4)5/h8,10,12-13,15-16,18-19,21-22,24-25,27-28,30-31,33-34,44,46,51-52,56H,6-7,9,11,14,17,20,23,26,29,32,35-43,45,47-50H2,1-5H3,(H-,54,57,58,59)/p+1/b10-8-,13-12-,16-15-,19-18-,22-21-,25-24-,28-27-,31-30-,34-33-,46-44+. The Balaban J connectivity index is 3.90. The third-order valence-electron chi connectivity index (χ3n) is 9.67. The second-order valence-corrected chi connectivity index (χ2v) is 18.2. The number of amides is 1. The number of aliphatic hydroxyl groups excluding tert-OH is 1. The number of likely N-dealkylation sites (N-methyl/N-ethyl adjacent to an activating group) is 1. The van der Waals surface area contributed by atoms with E-state index in [1.807, 2.05) is 34.1 Å². The van der Waals surface area contributed by atoms with E-state index >= 15 is 0 Å². The fourth-order valence-electron chi connectivity index (χ4n) is 5.92. The molecular weight excluding hydrogens is 792 g/mol. The van der Waals surface area contributed by atoms with Crippen molar-refractivity contribution in [2.45, 2.75) is 167 Å². The van der Waals surface area contributed by atoms with Crippen LogP contribution in [0.25, 0.3) is 0 Å². The van der Waals surface area contributed by atoms with E-state index in [0.717, 1.165) is 96.3 Å². The van der Waals surface area contributed by atoms with Gasteiger partial charge < -0.3 is 19.8 Å². The Labute approximate surface area is 380 Å². The lowest BCUT2D eigenvalue weighted by molar-refractivity contribution is -0.870. The molecule has 0 aromatic rings. The van der Waals surface area contributed by atoms with Crippen LogP contribution in [0.15, 0.2) is 122 Å². The molecule has 62 heavy (non-hydrogen) atoms. The van der Waals surface area contributed by atoms with Crippen molar-refractivity contribution in [3.8, 4) is 0 Å². The maximum atomic E-state index is 12.7. The first kappa shape index (κ1) is 58.9. The molecule has 0 saturated heterocycles. The highest BCUT2D eigenvalue weighted by atomic mass is 31.2. The normalized spacial score (nSPS) is 15.3. The first-order valence-corrected chi connectivity index (χ1v) is 25.4. The number of carbonyl (C=O) groups excluding carboxylic acids is 1. The van der Waals surface area contributed by atoms with E-state index in [2.05, 4.69) is 122 Å². The van der Waals surface area contributed by atoms with Crippen LogP contribution in [0.4, 0.5) is 0 Å². The summed E-state index contributed by atoms with van der Waals surface area (Å²) < 4.78 is 23.2. The smallest absolute Gasteiger partial charge is 0.387 e. The Hall–Kier alpha value is -3.10. The third-order valence-corrected chi connectivity index (χ3v) is 10.7. The molecule has 0 aromatic carbocycles. The molecule has 0 saturated carbocycles. The van der Waals surface area contributed by atoms with Crippen LogP contribution in [0.1, 0.15) is 155 Å². The maximum absolute atomic E-state index is 12.7. The zero-order valence-electron chi connectivity index (χ0n) is 39.8. The van der Waals surface area contributed by atoms with E-state index < -0.39 is 20.0 Å². The summed E-state index contributed by atoms with van der Waals surface area (Å²) >= 11 is 0. The SMILES string of the molecule is CC/C=C\C/C=C\C/C=C\C/C=C\C/C=C\C/C=C\C/C=C\C/C=C\C/C=C\CCCCCCCCCCCC(=O)NC(COP(=O)(O)OCC[N+](C)(C)C)C(O)/C=C/CCC. The molecular formula is C53H90N2O6P+. The topological polar surface area (TPSA) is 105 Å². The second-order valence-electron chi connectivity index (χ2n) is 16.8. The van der Waals surface area contributed by atoms with Crippen LogP contribution in [0, 0.1) is 0 Å². The molecule has 0 bridgehead atoms. The zero-order chi connectivity index (χ0) is 45.7. The van der Waals surface area contributed by atoms with E-state index in [0.29, 0.717) is 17.4 Å². The number of hydrogen-bond donors (Lipinski definition) is 3. The lowest BCUT2D eigenvalue weighted by atomic mass is 10.1. The molecule has 3 N–H and O–H groups in total. The predicted molar refractivity (Wildman–Crippen MR) is 267 cm³/mol. The summed E-state index contributed by atoms with van der Waals surface area (Å²) in [4.78, 5) is 22.8. The van der Waals surface area contributed by atoms with Crippen molar-refractivity contribution in [3.63, 3.8) is 0 Å². The number of aliphatic hydroxyl groups is 1. The van der Waals surface area contributed by atoms with Crippen LogP contribution in [-0.4, -0.2) is 73.4 Å². The number of quaternary nitrogens is 1. The average Bonchev–Trinajstić information content (AvgIpc) is 3.23. The van der Waals surface area contributed by atoms with Crippen LogP contribution in [0.2, 0.25) is 0 Å². The van der Waals surface area contributed by atoms with Gasteiger partial charge in [-0.05, 0) is 83.5 Å². The van der Waals surface area contributed by atoms with Gasteiger partial charge in [-0.3, -0.25) is 13.8 Å². The molecule has 3 unspecified atom stereocenters. The number of nitrogens with zero attached hydrogens (tertiary/aromatic N) is 1. The van der Waals surface area contributed by atoms with Crippen LogP contribution < -0.4 is 5.32 Å². The van der Waals surface area contributed by atoms with Crippen molar-refractivity contribution < 1.29 is 32.9 Å². The number of allylic oxidation sites excluding steroid dienone is 19. The van der Waals surface area contributed by atoms with Gasteiger partial charge in [-0.15, -0.1) is 0 Å². The quantitative estimate of drug-likeness (QED) is 0.0244. The monoisotopic (exact) mass is 882 g/mol. The fraction of sp³-hybridized carbons (Fsp3) is 0.604. The maximum Gasteiger partial charge on any atom is 0.472 e. The molecule has 8 nitrogen and oxygen atoms in total. The van der Waals surface area contributed by atoms with Gasteiger partial charge in [-0.2, -0.15) is 0 Å². The van der Waals surface area contributed by atoms with Gasteiger partial charge in [0.05, 0.1) is 39.9 Å². The Morgan fingerprint density at radius 1 is 0.565 bits per heavy atom. The Morgan fingerprint density at radius 2 is 0.968 bits per heavy atom. The van der Waals surface area contributed by atoms with E-state index in [1.54, 1.807) is 6.08 Å². The Bertz CT molecular complexity index is 1410. The van der Waals surface area contributed by atoms with Crippen molar-refractivity contribution in [2.75, 3.05) is 40.9 Å². The molecule has 3 atom stereocenters. The highest BCUT2D eigenvalue weighted by Crippen LogP contribution is 2.43. The number of nitrogens with one attached hydrogen (secondary N) is 1. The molecule has 0 heterocycles. The highest BCUT2D eigenvalue weighted by Gasteiger charge is 2.27. The third kappa shape index (κ3) is 44.9. The number of rotatable bonds is 41. The minimum atomic E-state index is -4.32. The van der Waals surface area contributed by atoms with Crippen molar-refractivity contribution in [1.82, 2.24) is 5.32 Å². The molecule has 0 aliphatic carbocycles. The van der Waals surface area contributed by atoms with E-state index in [9.17, 15) is 19.4 Å². The van der Waals surface area contributed by atoms with Gasteiger partial charge >= 0.3 is 7.82 Å². The molecule has 0 radical (unpaired) electrons. The number of phosphoric ester groups is 1. The minimum absolute atomic E-state index is 0.0523. The van der Waals surface area contributed by atoms with Crippen molar-refractivity contribution >= 4 is 13.7 Å². The molecule has 0 aromatic heterocycles. The summed E-state index contributed by atoms with van der Waals surface area (Å²) in [7, 11) is 1.54. The summed E-state index contributed by atoms with van der Waals surface area (Å²) in [6.07, 6.45) is 65.2. The van der Waals surface area contributed by atoms with Gasteiger partial charge in [0.15, 0.2) is 0 Å². The summed E-state index contributed by atoms with van der Waals surface area (Å²) in [6.45, 7) is 4.44. The molecule has 352 valence electrons. The number of hydrogen-bond acceptors (Lipinski definition) is 5. The van der Waals surface area contributed by atoms with E-state index in [1.165, 1.54) is 38.5 Å². The highest BCUT2D eigenvalue weighted by molar-refractivity contribution is 7.47. The van der Waals surface area contributed by atoms with E-state index in [4.69, 9.17) is 9.05 Å². The minimum Gasteiger partial charge on any atom is -0.387 e. The first-order valence-electron chi connectivity index (χ1n) is 23.9. The summed E-state index contributed by atoms with van der Waals surface area (Å²) in [6, 6.07) is -0.853. The molecule has 0 spiro atoms. The Morgan fingerprint density at radius 3 is 1.39 bits per heavy atom. The largest absolute Gasteiger partial charge is 0.472 e. The molecule has 9 heteroatoms. The van der Waals surface area contributed by atoms with Crippen LogP contribution in [0.3, 0.4) is 0 Å². The summed E-state index contributed by atoms with van der Waals surface area (Å²) in [5.41, 5.74) is 0. The van der Waals surface area contributed by atoms with Crippen molar-refractivity contribution in [1.29, 1.82) is 0 Å². The predicted octanol–water partition coefficient (Wildman–Crippen LogP) is 13.9. The molecule has 0 aliphatic rings. The summed E-state index contributed by atoms with van der Waals surface area (Å²) in [5, 5.41) is 13.5. The Kier molecular flexibility index (Phi) is 41.0. The van der Waals surface area contributed by atoms with Gasteiger partial charge in [0.25, 0.3) is 0 Å². The second kappa shape index (κ2) is 43.2. The number of carbonyl (C=O) groups is 1. The van der Waals surface area contributed by atoms with Crippen LogP contribution in [0.5, 0.6) is 0 Å². The average molecular weight is 882 g/mol.